The number of ketones is 1. The average Bonchev–Trinajstić information content (AvgIpc) is 3.23. The highest BCUT2D eigenvalue weighted by Gasteiger charge is 2.49. The van der Waals surface area contributed by atoms with Gasteiger partial charge in [-0.15, -0.1) is 15.7 Å². The van der Waals surface area contributed by atoms with Crippen molar-refractivity contribution in [3.63, 3.8) is 0 Å². The first-order valence-corrected chi connectivity index (χ1v) is 13.5. The van der Waals surface area contributed by atoms with Crippen LogP contribution in [0.25, 0.3) is 5.76 Å². The molecule has 0 saturated heterocycles. The second kappa shape index (κ2) is 9.04. The summed E-state index contributed by atoms with van der Waals surface area (Å²) >= 11 is 1.12. The Balaban J connectivity index is 1.92. The summed E-state index contributed by atoms with van der Waals surface area (Å²) in [6.45, 7) is 3.70. The fourth-order valence-electron chi connectivity index (χ4n) is 4.77. The molecule has 2 aliphatic rings. The van der Waals surface area contributed by atoms with Gasteiger partial charge in [-0.25, -0.2) is 0 Å². The molecular formula is C24H28N2O5S2. The molecule has 1 aliphatic heterocycles. The van der Waals surface area contributed by atoms with Gasteiger partial charge in [-0.05, 0) is 23.8 Å². The van der Waals surface area contributed by atoms with Crippen LogP contribution >= 0.6 is 11.3 Å². The van der Waals surface area contributed by atoms with Crippen molar-refractivity contribution in [3.05, 3.63) is 51.9 Å². The smallest absolute Gasteiger partial charge is 0.287 e. The van der Waals surface area contributed by atoms with Crippen molar-refractivity contribution in [3.8, 4) is 0 Å². The number of fused-ring (bicyclic) bond motifs is 2. The Morgan fingerprint density at radius 1 is 1.12 bits per heavy atom. The number of thiophene rings is 1. The van der Waals surface area contributed by atoms with Gasteiger partial charge in [0, 0.05) is 11.1 Å². The van der Waals surface area contributed by atoms with Gasteiger partial charge in [0.15, 0.2) is 11.6 Å². The number of rotatable bonds is 8. The monoisotopic (exact) mass is 488 g/mol. The van der Waals surface area contributed by atoms with E-state index in [0.717, 1.165) is 42.6 Å². The van der Waals surface area contributed by atoms with Gasteiger partial charge < -0.3 is 15.5 Å². The normalized spacial score (nSPS) is 18.4. The third kappa shape index (κ3) is 3.82. The van der Waals surface area contributed by atoms with E-state index in [0.29, 0.717) is 18.4 Å². The van der Waals surface area contributed by atoms with E-state index in [9.17, 15) is 23.4 Å². The summed E-state index contributed by atoms with van der Waals surface area (Å²) in [5, 5.41) is 25.5. The van der Waals surface area contributed by atoms with E-state index in [1.807, 2.05) is 12.1 Å². The number of hydrogen-bond donors (Lipinski definition) is 3. The third-order valence-corrected chi connectivity index (χ3v) is 8.91. The van der Waals surface area contributed by atoms with Gasteiger partial charge in [0.2, 0.25) is 0 Å². The van der Waals surface area contributed by atoms with Crippen molar-refractivity contribution in [2.24, 2.45) is 4.40 Å². The van der Waals surface area contributed by atoms with Gasteiger partial charge in [0.1, 0.15) is 21.2 Å². The highest BCUT2D eigenvalue weighted by atomic mass is 32.2. The number of sulfonamides is 1. The molecule has 0 spiro atoms. The lowest BCUT2D eigenvalue weighted by atomic mass is 9.63. The number of carbonyl (C=O) groups is 1. The molecule has 0 fully saturated rings. The molecule has 0 saturated carbocycles. The first kappa shape index (κ1) is 23.7. The molecule has 4 rings (SSSR count). The number of nitrogens with one attached hydrogen (secondary N) is 1. The molecule has 0 bridgehead atoms. The Morgan fingerprint density at radius 2 is 1.79 bits per heavy atom. The van der Waals surface area contributed by atoms with E-state index >= 15 is 0 Å². The summed E-state index contributed by atoms with van der Waals surface area (Å²) in [4.78, 5) is 14.1. The number of aliphatic hydroxyl groups is 2. The van der Waals surface area contributed by atoms with Crippen molar-refractivity contribution in [2.75, 3.05) is 5.32 Å². The van der Waals surface area contributed by atoms with E-state index in [1.165, 1.54) is 0 Å². The lowest BCUT2D eigenvalue weighted by Gasteiger charge is -2.39. The Morgan fingerprint density at radius 3 is 2.42 bits per heavy atom. The molecule has 0 amide bonds. The minimum Gasteiger partial charge on any atom is -0.506 e. The number of anilines is 1. The van der Waals surface area contributed by atoms with E-state index in [1.54, 1.807) is 17.5 Å². The zero-order valence-corrected chi connectivity index (χ0v) is 20.4. The molecule has 0 unspecified atom stereocenters. The predicted octanol–water partition coefficient (Wildman–Crippen LogP) is 4.92. The second-order valence-electron chi connectivity index (χ2n) is 8.50. The van der Waals surface area contributed by atoms with Crippen molar-refractivity contribution < 1.29 is 23.4 Å². The lowest BCUT2D eigenvalue weighted by Crippen LogP contribution is -2.44. The fourth-order valence-corrected chi connectivity index (χ4v) is 7.36. The van der Waals surface area contributed by atoms with Crippen LogP contribution < -0.4 is 5.32 Å². The number of Topliss-reactive ketones (excluding diaryl/α,β-unsaturated/α-hetero) is 1. The zero-order valence-electron chi connectivity index (χ0n) is 18.7. The zero-order chi connectivity index (χ0) is 23.8. The summed E-state index contributed by atoms with van der Waals surface area (Å²) in [6.07, 6.45) is 4.68. The minimum absolute atomic E-state index is 0.0780. The first-order valence-electron chi connectivity index (χ1n) is 11.2. The van der Waals surface area contributed by atoms with E-state index in [2.05, 4.69) is 23.6 Å². The molecular weight excluding hydrogens is 460 g/mol. The fraction of sp³-hybridized carbons (Fsp3) is 0.417. The Labute approximate surface area is 197 Å². The molecule has 1 aliphatic carbocycles. The maximum absolute atomic E-state index is 14.1. The molecule has 2 aromatic rings. The molecule has 7 nitrogen and oxygen atoms in total. The molecule has 9 heteroatoms. The maximum atomic E-state index is 14.1. The molecule has 176 valence electrons. The van der Waals surface area contributed by atoms with Crippen LogP contribution in [0.1, 0.15) is 69.1 Å². The number of benzene rings is 1. The van der Waals surface area contributed by atoms with Crippen molar-refractivity contribution >= 4 is 43.7 Å². The number of hydrogen-bond acceptors (Lipinski definition) is 7. The summed E-state index contributed by atoms with van der Waals surface area (Å²) in [6, 6.07) is 7.32. The average molecular weight is 489 g/mol. The summed E-state index contributed by atoms with van der Waals surface area (Å²) in [5.74, 6) is -0.726. The molecule has 2 heterocycles. The molecule has 1 aromatic heterocycles. The molecule has 33 heavy (non-hydrogen) atoms. The largest absolute Gasteiger partial charge is 0.506 e. The lowest BCUT2D eigenvalue weighted by molar-refractivity contribution is -0.121. The predicted molar refractivity (Wildman–Crippen MR) is 130 cm³/mol. The molecule has 3 N–H and O–H groups in total. The number of amidine groups is 1. The van der Waals surface area contributed by atoms with Gasteiger partial charge in [-0.2, -0.15) is 8.42 Å². The number of unbranched alkanes of at least 4 members (excludes halogenated alkanes) is 2. The quantitative estimate of drug-likeness (QED) is 0.485. The number of aliphatic hydroxyl groups excluding tert-OH is 2. The van der Waals surface area contributed by atoms with E-state index < -0.39 is 22.0 Å². The van der Waals surface area contributed by atoms with Crippen molar-refractivity contribution in [1.29, 1.82) is 0 Å². The van der Waals surface area contributed by atoms with Crippen LogP contribution in [-0.4, -0.2) is 30.2 Å². The van der Waals surface area contributed by atoms with Crippen molar-refractivity contribution in [1.82, 2.24) is 0 Å². The summed E-state index contributed by atoms with van der Waals surface area (Å²) in [7, 11) is -4.16. The standard InChI is InChI=1S/C24H28N2O5S2/c1-3-5-11-24(12-6-4-2)17-10-8-7-9-16(17)19(28)18(21(24)29)22-25-23-20(33(30,31)26-22)15(13-27)14-32-23/h7-10,14,27-28H,3-6,11-13H2,1-2H3,(H,25,26). The summed E-state index contributed by atoms with van der Waals surface area (Å²) in [5.41, 5.74) is 0.633. The van der Waals surface area contributed by atoms with Crippen LogP contribution in [0.2, 0.25) is 0 Å². The summed E-state index contributed by atoms with van der Waals surface area (Å²) < 4.78 is 29.9. The Kier molecular flexibility index (Phi) is 6.48. The van der Waals surface area contributed by atoms with Crippen LogP contribution in [0.3, 0.4) is 0 Å². The van der Waals surface area contributed by atoms with Crippen LogP contribution in [0.5, 0.6) is 0 Å². The third-order valence-electron chi connectivity index (χ3n) is 6.44. The Hall–Kier alpha value is -2.49. The number of nitrogens with zero attached hydrogens (tertiary/aromatic N) is 1. The van der Waals surface area contributed by atoms with Gasteiger partial charge in [-0.3, -0.25) is 4.79 Å². The van der Waals surface area contributed by atoms with Gasteiger partial charge in [0.05, 0.1) is 12.0 Å². The van der Waals surface area contributed by atoms with E-state index in [4.69, 9.17) is 0 Å². The van der Waals surface area contributed by atoms with Crippen LogP contribution in [-0.2, 0) is 26.8 Å². The molecule has 1 aromatic carbocycles. The molecule has 0 atom stereocenters. The van der Waals surface area contributed by atoms with Crippen LogP contribution in [0.4, 0.5) is 5.00 Å². The van der Waals surface area contributed by atoms with Gasteiger partial charge in [-0.1, -0.05) is 63.8 Å². The maximum Gasteiger partial charge on any atom is 0.287 e. The van der Waals surface area contributed by atoms with E-state index in [-0.39, 0.29) is 38.4 Å². The van der Waals surface area contributed by atoms with Crippen LogP contribution in [0, 0.1) is 0 Å². The van der Waals surface area contributed by atoms with Crippen LogP contribution in [0.15, 0.2) is 44.5 Å². The number of carbonyl (C=O) groups excluding carboxylic acids is 1. The first-order chi connectivity index (χ1) is 15.8. The van der Waals surface area contributed by atoms with Gasteiger partial charge in [0.25, 0.3) is 10.0 Å². The van der Waals surface area contributed by atoms with Gasteiger partial charge >= 0.3 is 0 Å². The minimum atomic E-state index is -4.16. The Bertz CT molecular complexity index is 1250. The molecule has 0 radical (unpaired) electrons. The highest BCUT2D eigenvalue weighted by Crippen LogP contribution is 2.47. The second-order valence-corrected chi connectivity index (χ2v) is 10.9. The topological polar surface area (TPSA) is 116 Å². The van der Waals surface area contributed by atoms with Crippen molar-refractivity contribution in [2.45, 2.75) is 69.3 Å². The highest BCUT2D eigenvalue weighted by molar-refractivity contribution is 7.90. The SMILES string of the molecule is CCCCC1(CCCC)C(=O)C(C2=NS(=O)(=O)c3c(CO)csc3N2)=C(O)c2ccccc21.